The van der Waals surface area contributed by atoms with Crippen molar-refractivity contribution in [3.05, 3.63) is 47.9 Å². The van der Waals surface area contributed by atoms with Crippen molar-refractivity contribution in [1.29, 1.82) is 0 Å². The molecule has 1 N–H and O–H groups in total. The Bertz CT molecular complexity index is 454. The largest absolute Gasteiger partial charge is 0.496 e. The van der Waals surface area contributed by atoms with Gasteiger partial charge in [0.2, 0.25) is 0 Å². The van der Waals surface area contributed by atoms with E-state index in [4.69, 9.17) is 9.26 Å². The van der Waals surface area contributed by atoms with E-state index < -0.39 is 0 Å². The molecule has 0 saturated heterocycles. The fourth-order valence-electron chi connectivity index (χ4n) is 1.72. The SMILES string of the molecule is COc1ccccc1C(C)NCc1ccon1. The Kier molecular flexibility index (Phi) is 3.77. The summed E-state index contributed by atoms with van der Waals surface area (Å²) in [5.74, 6) is 0.896. The molecule has 1 atom stereocenters. The summed E-state index contributed by atoms with van der Waals surface area (Å²) in [4.78, 5) is 0. The number of ether oxygens (including phenoxy) is 1. The van der Waals surface area contributed by atoms with Gasteiger partial charge in [0, 0.05) is 24.2 Å². The molecule has 17 heavy (non-hydrogen) atoms. The molecule has 0 fully saturated rings. The summed E-state index contributed by atoms with van der Waals surface area (Å²) in [6.45, 7) is 2.77. The molecule has 0 aliphatic heterocycles. The van der Waals surface area contributed by atoms with Crippen LogP contribution in [-0.2, 0) is 6.54 Å². The van der Waals surface area contributed by atoms with E-state index in [1.165, 1.54) is 0 Å². The van der Waals surface area contributed by atoms with Gasteiger partial charge in [0.25, 0.3) is 0 Å². The molecule has 1 heterocycles. The molecule has 0 bridgehead atoms. The molecule has 1 unspecified atom stereocenters. The summed E-state index contributed by atoms with van der Waals surface area (Å²) in [5.41, 5.74) is 2.03. The molecule has 0 saturated carbocycles. The van der Waals surface area contributed by atoms with Gasteiger partial charge < -0.3 is 14.6 Å². The van der Waals surface area contributed by atoms with Crippen LogP contribution in [0.2, 0.25) is 0 Å². The van der Waals surface area contributed by atoms with Gasteiger partial charge in [0.15, 0.2) is 0 Å². The number of rotatable bonds is 5. The summed E-state index contributed by atoms with van der Waals surface area (Å²) < 4.78 is 10.1. The third-order valence-corrected chi connectivity index (χ3v) is 2.69. The molecule has 0 amide bonds. The lowest BCUT2D eigenvalue weighted by molar-refractivity contribution is 0.395. The van der Waals surface area contributed by atoms with E-state index in [1.807, 2.05) is 24.3 Å². The standard InChI is InChI=1S/C13H16N2O2/c1-10(14-9-11-7-8-17-15-11)12-5-3-4-6-13(12)16-2/h3-8,10,14H,9H2,1-2H3. The quantitative estimate of drug-likeness (QED) is 0.860. The van der Waals surface area contributed by atoms with Gasteiger partial charge in [-0.05, 0) is 13.0 Å². The summed E-state index contributed by atoms with van der Waals surface area (Å²) in [7, 11) is 1.68. The Labute approximate surface area is 101 Å². The summed E-state index contributed by atoms with van der Waals surface area (Å²) >= 11 is 0. The zero-order valence-corrected chi connectivity index (χ0v) is 10.0. The van der Waals surface area contributed by atoms with Crippen molar-refractivity contribution >= 4 is 0 Å². The summed E-state index contributed by atoms with van der Waals surface area (Å²) in [6.07, 6.45) is 1.57. The van der Waals surface area contributed by atoms with Crippen LogP contribution in [0.4, 0.5) is 0 Å². The number of nitrogens with zero attached hydrogens (tertiary/aromatic N) is 1. The van der Waals surface area contributed by atoms with Gasteiger partial charge in [-0.2, -0.15) is 0 Å². The minimum absolute atomic E-state index is 0.197. The highest BCUT2D eigenvalue weighted by molar-refractivity contribution is 5.35. The lowest BCUT2D eigenvalue weighted by Gasteiger charge is -2.16. The monoisotopic (exact) mass is 232 g/mol. The van der Waals surface area contributed by atoms with E-state index in [-0.39, 0.29) is 6.04 Å². The van der Waals surface area contributed by atoms with Gasteiger partial charge in [0.1, 0.15) is 12.0 Å². The van der Waals surface area contributed by atoms with Crippen molar-refractivity contribution in [3.8, 4) is 5.75 Å². The fourth-order valence-corrected chi connectivity index (χ4v) is 1.72. The highest BCUT2D eigenvalue weighted by Gasteiger charge is 2.10. The first-order valence-corrected chi connectivity index (χ1v) is 5.57. The predicted octanol–water partition coefficient (Wildman–Crippen LogP) is 2.53. The van der Waals surface area contributed by atoms with Crippen LogP contribution >= 0.6 is 0 Å². The zero-order valence-electron chi connectivity index (χ0n) is 10.0. The zero-order chi connectivity index (χ0) is 12.1. The number of para-hydroxylation sites is 1. The number of hydrogen-bond donors (Lipinski definition) is 1. The van der Waals surface area contributed by atoms with Crippen LogP contribution in [0.25, 0.3) is 0 Å². The maximum absolute atomic E-state index is 5.33. The second-order valence-electron chi connectivity index (χ2n) is 3.84. The Morgan fingerprint density at radius 1 is 1.35 bits per heavy atom. The first kappa shape index (κ1) is 11.7. The Morgan fingerprint density at radius 3 is 2.88 bits per heavy atom. The molecule has 2 aromatic rings. The lowest BCUT2D eigenvalue weighted by Crippen LogP contribution is -2.18. The van der Waals surface area contributed by atoms with E-state index in [2.05, 4.69) is 23.5 Å². The van der Waals surface area contributed by atoms with Crippen molar-refractivity contribution < 1.29 is 9.26 Å². The number of hydrogen-bond acceptors (Lipinski definition) is 4. The molecule has 1 aromatic heterocycles. The molecular formula is C13H16N2O2. The van der Waals surface area contributed by atoms with Crippen LogP contribution < -0.4 is 10.1 Å². The third kappa shape index (κ3) is 2.85. The van der Waals surface area contributed by atoms with Crippen LogP contribution in [0.5, 0.6) is 5.75 Å². The fraction of sp³-hybridized carbons (Fsp3) is 0.308. The topological polar surface area (TPSA) is 47.3 Å². The highest BCUT2D eigenvalue weighted by Crippen LogP contribution is 2.24. The Balaban J connectivity index is 2.01. The van der Waals surface area contributed by atoms with Crippen molar-refractivity contribution in [1.82, 2.24) is 10.5 Å². The van der Waals surface area contributed by atoms with Crippen molar-refractivity contribution in [2.24, 2.45) is 0 Å². The van der Waals surface area contributed by atoms with E-state index >= 15 is 0 Å². The highest BCUT2D eigenvalue weighted by atomic mass is 16.5. The van der Waals surface area contributed by atoms with Gasteiger partial charge >= 0.3 is 0 Å². The molecule has 90 valence electrons. The second-order valence-corrected chi connectivity index (χ2v) is 3.84. The van der Waals surface area contributed by atoms with Gasteiger partial charge in [-0.15, -0.1) is 0 Å². The van der Waals surface area contributed by atoms with Gasteiger partial charge in [-0.25, -0.2) is 0 Å². The van der Waals surface area contributed by atoms with Crippen LogP contribution in [-0.4, -0.2) is 12.3 Å². The third-order valence-electron chi connectivity index (χ3n) is 2.69. The van der Waals surface area contributed by atoms with Crippen LogP contribution in [0, 0.1) is 0 Å². The molecule has 0 radical (unpaired) electrons. The van der Waals surface area contributed by atoms with E-state index in [0.29, 0.717) is 6.54 Å². The predicted molar refractivity (Wildman–Crippen MR) is 64.8 cm³/mol. The number of benzene rings is 1. The van der Waals surface area contributed by atoms with Crippen LogP contribution in [0.1, 0.15) is 24.2 Å². The molecule has 4 nitrogen and oxygen atoms in total. The van der Waals surface area contributed by atoms with Crippen LogP contribution in [0.15, 0.2) is 41.1 Å². The smallest absolute Gasteiger partial charge is 0.124 e. The minimum Gasteiger partial charge on any atom is -0.496 e. The van der Waals surface area contributed by atoms with E-state index in [0.717, 1.165) is 17.0 Å². The maximum atomic E-state index is 5.33. The van der Waals surface area contributed by atoms with Gasteiger partial charge in [0.05, 0.1) is 12.8 Å². The number of aromatic nitrogens is 1. The minimum atomic E-state index is 0.197. The van der Waals surface area contributed by atoms with Gasteiger partial charge in [-0.1, -0.05) is 23.4 Å². The first-order chi connectivity index (χ1) is 8.31. The molecule has 4 heteroatoms. The average Bonchev–Trinajstić information content (AvgIpc) is 2.89. The van der Waals surface area contributed by atoms with Crippen LogP contribution in [0.3, 0.4) is 0 Å². The normalized spacial score (nSPS) is 12.4. The second kappa shape index (κ2) is 5.50. The first-order valence-electron chi connectivity index (χ1n) is 5.57. The van der Waals surface area contributed by atoms with E-state index in [9.17, 15) is 0 Å². The van der Waals surface area contributed by atoms with Crippen molar-refractivity contribution in [2.75, 3.05) is 7.11 Å². The molecule has 0 spiro atoms. The van der Waals surface area contributed by atoms with Crippen molar-refractivity contribution in [2.45, 2.75) is 19.5 Å². The van der Waals surface area contributed by atoms with Gasteiger partial charge in [-0.3, -0.25) is 0 Å². The Hall–Kier alpha value is -1.81. The molecule has 0 aliphatic carbocycles. The van der Waals surface area contributed by atoms with Crippen molar-refractivity contribution in [3.63, 3.8) is 0 Å². The molecule has 1 aromatic carbocycles. The molecular weight excluding hydrogens is 216 g/mol. The average molecular weight is 232 g/mol. The number of methoxy groups -OCH3 is 1. The lowest BCUT2D eigenvalue weighted by atomic mass is 10.1. The Morgan fingerprint density at radius 2 is 2.18 bits per heavy atom. The maximum Gasteiger partial charge on any atom is 0.124 e. The van der Waals surface area contributed by atoms with E-state index in [1.54, 1.807) is 13.4 Å². The summed E-state index contributed by atoms with van der Waals surface area (Å²) in [6, 6.07) is 10.0. The molecule has 0 aliphatic rings. The summed E-state index contributed by atoms with van der Waals surface area (Å²) in [5, 5.41) is 7.23. The number of nitrogens with one attached hydrogen (secondary N) is 1. The molecule has 2 rings (SSSR count).